The van der Waals surface area contributed by atoms with Crippen LogP contribution < -0.4 is 5.73 Å². The van der Waals surface area contributed by atoms with Crippen LogP contribution in [0.15, 0.2) is 0 Å². The second kappa shape index (κ2) is 1.95. The van der Waals surface area contributed by atoms with E-state index >= 15 is 0 Å². The zero-order chi connectivity index (χ0) is 7.30. The third-order valence-electron chi connectivity index (χ3n) is 3.09. The third kappa shape index (κ3) is 0.789. The minimum absolute atomic E-state index is 0.00926. The van der Waals surface area contributed by atoms with Gasteiger partial charge in [0.15, 0.2) is 0 Å². The molecular weight excluding hydrogens is 126 g/mol. The molecule has 2 saturated carbocycles. The van der Waals surface area contributed by atoms with Gasteiger partial charge in [-0.05, 0) is 37.5 Å². The van der Waals surface area contributed by atoms with Crippen LogP contribution >= 0.6 is 0 Å². The van der Waals surface area contributed by atoms with Crippen molar-refractivity contribution in [1.29, 1.82) is 0 Å². The van der Waals surface area contributed by atoms with Gasteiger partial charge in [-0.1, -0.05) is 0 Å². The van der Waals surface area contributed by atoms with Crippen molar-refractivity contribution in [3.05, 3.63) is 0 Å². The summed E-state index contributed by atoms with van der Waals surface area (Å²) < 4.78 is 0. The lowest BCUT2D eigenvalue weighted by atomic mass is 10.1. The minimum atomic E-state index is -0.00926. The predicted octanol–water partition coefficient (Wildman–Crippen LogP) is 0.350. The maximum Gasteiger partial charge on any atom is 0.0546 e. The summed E-state index contributed by atoms with van der Waals surface area (Å²) in [5.74, 6) is 2.29. The molecule has 0 amide bonds. The van der Waals surface area contributed by atoms with Crippen LogP contribution in [0, 0.1) is 17.8 Å². The van der Waals surface area contributed by atoms with Crippen LogP contribution in [0.2, 0.25) is 0 Å². The Morgan fingerprint density at radius 2 is 1.90 bits per heavy atom. The Morgan fingerprint density at radius 3 is 2.30 bits per heavy atom. The van der Waals surface area contributed by atoms with Crippen molar-refractivity contribution in [3.63, 3.8) is 0 Å². The van der Waals surface area contributed by atoms with Gasteiger partial charge in [-0.2, -0.15) is 0 Å². The highest BCUT2D eigenvalue weighted by Gasteiger charge is 2.56. The van der Waals surface area contributed by atoms with Crippen molar-refractivity contribution in [1.82, 2.24) is 0 Å². The van der Waals surface area contributed by atoms with Crippen molar-refractivity contribution in [3.8, 4) is 0 Å². The van der Waals surface area contributed by atoms with Crippen molar-refractivity contribution < 1.29 is 5.11 Å². The molecule has 0 aromatic carbocycles. The number of hydrogen-bond donors (Lipinski definition) is 2. The van der Waals surface area contributed by atoms with Crippen LogP contribution in [0.5, 0.6) is 0 Å². The van der Waals surface area contributed by atoms with Gasteiger partial charge >= 0.3 is 0 Å². The number of rotatable bonds is 1. The molecule has 0 aromatic rings. The molecule has 2 fully saturated rings. The van der Waals surface area contributed by atoms with Gasteiger partial charge in [0, 0.05) is 6.04 Å². The molecule has 0 radical (unpaired) electrons. The van der Waals surface area contributed by atoms with E-state index in [1.165, 1.54) is 0 Å². The Labute approximate surface area is 61.4 Å². The van der Waals surface area contributed by atoms with E-state index in [2.05, 4.69) is 6.92 Å². The lowest BCUT2D eigenvalue weighted by Crippen LogP contribution is -2.22. The Balaban J connectivity index is 1.92. The van der Waals surface area contributed by atoms with E-state index in [4.69, 9.17) is 5.73 Å². The van der Waals surface area contributed by atoms with Crippen LogP contribution in [0.3, 0.4) is 0 Å². The van der Waals surface area contributed by atoms with Gasteiger partial charge < -0.3 is 10.8 Å². The van der Waals surface area contributed by atoms with Gasteiger partial charge in [-0.3, -0.25) is 0 Å². The van der Waals surface area contributed by atoms with Crippen LogP contribution in [-0.2, 0) is 0 Å². The van der Waals surface area contributed by atoms with E-state index in [1.54, 1.807) is 0 Å². The molecule has 0 spiro atoms. The summed E-state index contributed by atoms with van der Waals surface area (Å²) in [7, 11) is 0. The van der Waals surface area contributed by atoms with Gasteiger partial charge in [0.2, 0.25) is 0 Å². The first-order valence-corrected chi connectivity index (χ1v) is 4.14. The summed E-state index contributed by atoms with van der Waals surface area (Å²) in [6.45, 7) is 2.08. The summed E-state index contributed by atoms with van der Waals surface area (Å²) in [6.07, 6.45) is 2.01. The molecule has 3 N–H and O–H groups in total. The van der Waals surface area contributed by atoms with Gasteiger partial charge in [-0.25, -0.2) is 0 Å². The first-order valence-electron chi connectivity index (χ1n) is 4.14. The van der Waals surface area contributed by atoms with E-state index in [0.29, 0.717) is 6.04 Å². The standard InChI is InChI=1S/C8H15NO/c1-4(9)8-6-2-5(10)3-7(6)8/h4-8,10H,2-3,9H2,1H3/t4?,5-,6+,7-,8-. The SMILES string of the molecule is CC(N)[C@H]1[C@@H]2C[C@H](O)C[C@@H]21. The van der Waals surface area contributed by atoms with Gasteiger partial charge in [0.05, 0.1) is 6.10 Å². The summed E-state index contributed by atoms with van der Waals surface area (Å²) in [5.41, 5.74) is 5.75. The highest BCUT2D eigenvalue weighted by molar-refractivity contribution is 5.06. The maximum atomic E-state index is 9.19. The Kier molecular flexibility index (Phi) is 1.29. The smallest absolute Gasteiger partial charge is 0.0546 e. The zero-order valence-electron chi connectivity index (χ0n) is 6.33. The topological polar surface area (TPSA) is 46.2 Å². The van der Waals surface area contributed by atoms with Crippen LogP contribution in [0.4, 0.5) is 0 Å². The summed E-state index contributed by atoms with van der Waals surface area (Å²) in [4.78, 5) is 0. The first kappa shape index (κ1) is 6.62. The largest absolute Gasteiger partial charge is 0.393 e. The number of fused-ring (bicyclic) bond motifs is 1. The fraction of sp³-hybridized carbons (Fsp3) is 1.00. The lowest BCUT2D eigenvalue weighted by Gasteiger charge is -2.09. The second-order valence-electron chi connectivity index (χ2n) is 3.89. The molecule has 1 unspecified atom stereocenters. The molecule has 5 atom stereocenters. The quantitative estimate of drug-likeness (QED) is 0.553. The van der Waals surface area contributed by atoms with Crippen molar-refractivity contribution >= 4 is 0 Å². The van der Waals surface area contributed by atoms with E-state index in [0.717, 1.165) is 30.6 Å². The van der Waals surface area contributed by atoms with Gasteiger partial charge in [0.1, 0.15) is 0 Å². The normalized spacial score (nSPS) is 54.3. The van der Waals surface area contributed by atoms with Gasteiger partial charge in [0.25, 0.3) is 0 Å². The van der Waals surface area contributed by atoms with E-state index < -0.39 is 0 Å². The van der Waals surface area contributed by atoms with Crippen molar-refractivity contribution in [2.24, 2.45) is 23.5 Å². The molecule has 0 saturated heterocycles. The highest BCUT2D eigenvalue weighted by Crippen LogP contribution is 2.58. The monoisotopic (exact) mass is 141 g/mol. The fourth-order valence-electron chi connectivity index (χ4n) is 2.64. The Bertz CT molecular complexity index is 134. The van der Waals surface area contributed by atoms with Crippen LogP contribution in [0.25, 0.3) is 0 Å². The van der Waals surface area contributed by atoms with Crippen molar-refractivity contribution in [2.45, 2.75) is 31.9 Å². The third-order valence-corrected chi connectivity index (χ3v) is 3.09. The minimum Gasteiger partial charge on any atom is -0.393 e. The van der Waals surface area contributed by atoms with Gasteiger partial charge in [-0.15, -0.1) is 0 Å². The fourth-order valence-corrected chi connectivity index (χ4v) is 2.64. The molecule has 0 heterocycles. The predicted molar refractivity (Wildman–Crippen MR) is 39.4 cm³/mol. The molecule has 0 aromatic heterocycles. The lowest BCUT2D eigenvalue weighted by molar-refractivity contribution is 0.159. The molecule has 0 bridgehead atoms. The molecule has 2 aliphatic rings. The zero-order valence-corrected chi connectivity index (χ0v) is 6.33. The molecule has 10 heavy (non-hydrogen) atoms. The highest BCUT2D eigenvalue weighted by atomic mass is 16.3. The first-order chi connectivity index (χ1) is 4.70. The van der Waals surface area contributed by atoms with Crippen LogP contribution in [0.1, 0.15) is 19.8 Å². The number of nitrogens with two attached hydrogens (primary N) is 1. The Hall–Kier alpha value is -0.0800. The second-order valence-corrected chi connectivity index (χ2v) is 3.89. The molecule has 58 valence electrons. The Morgan fingerprint density at radius 1 is 1.40 bits per heavy atom. The van der Waals surface area contributed by atoms with Crippen LogP contribution in [-0.4, -0.2) is 17.3 Å². The number of aliphatic hydroxyl groups excluding tert-OH is 1. The molecule has 0 aliphatic heterocycles. The molecule has 2 heteroatoms. The molecule has 2 aliphatic carbocycles. The summed E-state index contributed by atoms with van der Waals surface area (Å²) >= 11 is 0. The van der Waals surface area contributed by atoms with E-state index in [9.17, 15) is 5.11 Å². The molecule has 2 nitrogen and oxygen atoms in total. The number of hydrogen-bond acceptors (Lipinski definition) is 2. The van der Waals surface area contributed by atoms with E-state index in [1.807, 2.05) is 0 Å². The summed E-state index contributed by atoms with van der Waals surface area (Å²) in [6, 6.07) is 0.350. The van der Waals surface area contributed by atoms with E-state index in [-0.39, 0.29) is 6.10 Å². The van der Waals surface area contributed by atoms with Crippen molar-refractivity contribution in [2.75, 3.05) is 0 Å². The average Bonchev–Trinajstić information content (AvgIpc) is 2.32. The average molecular weight is 141 g/mol. The molecule has 2 rings (SSSR count). The maximum absolute atomic E-state index is 9.19. The molecular formula is C8H15NO. The number of aliphatic hydroxyl groups is 1. The summed E-state index contributed by atoms with van der Waals surface area (Å²) in [5, 5.41) is 9.19.